The first-order chi connectivity index (χ1) is 17.3. The topological polar surface area (TPSA) is 108 Å². The highest BCUT2D eigenvalue weighted by Crippen LogP contribution is 2.30. The van der Waals surface area contributed by atoms with Gasteiger partial charge in [0.1, 0.15) is 0 Å². The van der Waals surface area contributed by atoms with Crippen LogP contribution in [0.15, 0.2) is 24.3 Å². The SMILES string of the molecule is CCNC(=O)c1nc(Cl)c(N2CCN(C3CCN(C(=O)c4ccc(C)cc4)CC3)[C@@H](CC)C2)nc1N. The van der Waals surface area contributed by atoms with Crippen LogP contribution in [-0.4, -0.2) is 82.9 Å². The molecule has 36 heavy (non-hydrogen) atoms. The molecule has 2 amide bonds. The summed E-state index contributed by atoms with van der Waals surface area (Å²) in [5, 5.41) is 2.88. The Balaban J connectivity index is 1.38. The van der Waals surface area contributed by atoms with Crippen molar-refractivity contribution in [3.8, 4) is 0 Å². The molecule has 3 heterocycles. The number of aryl methyl sites for hydroxylation is 1. The summed E-state index contributed by atoms with van der Waals surface area (Å²) in [6, 6.07) is 8.57. The molecule has 2 saturated heterocycles. The first kappa shape index (κ1) is 26.2. The lowest BCUT2D eigenvalue weighted by Crippen LogP contribution is -2.58. The molecule has 10 heteroatoms. The highest BCUT2D eigenvalue weighted by Gasteiger charge is 2.35. The summed E-state index contributed by atoms with van der Waals surface area (Å²) < 4.78 is 0. The van der Waals surface area contributed by atoms with Crippen molar-refractivity contribution in [3.05, 3.63) is 46.2 Å². The molecular formula is C26H36ClN7O2. The van der Waals surface area contributed by atoms with Gasteiger partial charge in [-0.15, -0.1) is 0 Å². The molecule has 0 radical (unpaired) electrons. The van der Waals surface area contributed by atoms with E-state index >= 15 is 0 Å². The van der Waals surface area contributed by atoms with Crippen molar-refractivity contribution in [2.75, 3.05) is 49.9 Å². The number of amides is 2. The van der Waals surface area contributed by atoms with Crippen LogP contribution in [-0.2, 0) is 0 Å². The number of nitrogens with one attached hydrogen (secondary N) is 1. The van der Waals surface area contributed by atoms with Gasteiger partial charge in [0.05, 0.1) is 0 Å². The zero-order chi connectivity index (χ0) is 25.8. The third-order valence-electron chi connectivity index (χ3n) is 7.23. The third-order valence-corrected chi connectivity index (χ3v) is 7.49. The Morgan fingerprint density at radius 3 is 2.42 bits per heavy atom. The van der Waals surface area contributed by atoms with Gasteiger partial charge in [-0.25, -0.2) is 9.97 Å². The minimum absolute atomic E-state index is 0.0585. The fourth-order valence-corrected chi connectivity index (χ4v) is 5.46. The second kappa shape index (κ2) is 11.4. The number of nitrogens with two attached hydrogens (primary N) is 1. The molecule has 0 unspecified atom stereocenters. The van der Waals surface area contributed by atoms with Gasteiger partial charge in [-0.05, 0) is 45.2 Å². The van der Waals surface area contributed by atoms with E-state index in [1.54, 1.807) is 0 Å². The van der Waals surface area contributed by atoms with Gasteiger partial charge < -0.3 is 20.9 Å². The normalized spacial score (nSPS) is 19.4. The molecule has 1 aromatic carbocycles. The van der Waals surface area contributed by atoms with Crippen molar-refractivity contribution in [1.82, 2.24) is 25.1 Å². The Morgan fingerprint density at radius 2 is 1.78 bits per heavy atom. The average Bonchev–Trinajstić information content (AvgIpc) is 2.89. The van der Waals surface area contributed by atoms with E-state index in [1.165, 1.54) is 0 Å². The van der Waals surface area contributed by atoms with Gasteiger partial charge in [-0.3, -0.25) is 14.5 Å². The molecule has 2 fully saturated rings. The van der Waals surface area contributed by atoms with E-state index < -0.39 is 0 Å². The molecule has 4 rings (SSSR count). The zero-order valence-electron chi connectivity index (χ0n) is 21.3. The van der Waals surface area contributed by atoms with E-state index in [1.807, 2.05) is 43.0 Å². The monoisotopic (exact) mass is 513 g/mol. The maximum absolute atomic E-state index is 12.9. The summed E-state index contributed by atoms with van der Waals surface area (Å²) in [6.45, 7) is 10.4. The molecule has 1 aromatic heterocycles. The minimum atomic E-state index is -0.376. The first-order valence-electron chi connectivity index (χ1n) is 12.8. The number of nitrogens with zero attached hydrogens (tertiary/aromatic N) is 5. The van der Waals surface area contributed by atoms with Gasteiger partial charge in [0.25, 0.3) is 11.8 Å². The summed E-state index contributed by atoms with van der Waals surface area (Å²) >= 11 is 6.46. The molecule has 2 aliphatic rings. The fraction of sp³-hybridized carbons (Fsp3) is 0.538. The van der Waals surface area contributed by atoms with Crippen LogP contribution in [0.1, 0.15) is 59.5 Å². The highest BCUT2D eigenvalue weighted by molar-refractivity contribution is 6.32. The smallest absolute Gasteiger partial charge is 0.273 e. The van der Waals surface area contributed by atoms with Crippen LogP contribution in [0.3, 0.4) is 0 Å². The predicted molar refractivity (Wildman–Crippen MR) is 143 cm³/mol. The van der Waals surface area contributed by atoms with E-state index in [4.69, 9.17) is 17.3 Å². The van der Waals surface area contributed by atoms with Crippen molar-refractivity contribution in [2.24, 2.45) is 0 Å². The molecule has 0 bridgehead atoms. The number of hydrogen-bond acceptors (Lipinski definition) is 7. The van der Waals surface area contributed by atoms with E-state index in [-0.39, 0.29) is 28.5 Å². The Hall–Kier alpha value is -2.91. The van der Waals surface area contributed by atoms with Crippen LogP contribution in [0.25, 0.3) is 0 Å². The summed E-state index contributed by atoms with van der Waals surface area (Å²) in [5.41, 5.74) is 8.04. The lowest BCUT2D eigenvalue weighted by molar-refractivity contribution is 0.0490. The van der Waals surface area contributed by atoms with Crippen molar-refractivity contribution in [3.63, 3.8) is 0 Å². The average molecular weight is 514 g/mol. The van der Waals surface area contributed by atoms with Crippen LogP contribution in [0.2, 0.25) is 5.15 Å². The minimum Gasteiger partial charge on any atom is -0.382 e. The number of benzene rings is 1. The fourth-order valence-electron chi connectivity index (χ4n) is 5.22. The number of carbonyl (C=O) groups excluding carboxylic acids is 2. The van der Waals surface area contributed by atoms with E-state index in [0.29, 0.717) is 24.4 Å². The molecule has 194 valence electrons. The summed E-state index contributed by atoms with van der Waals surface area (Å²) in [4.78, 5) is 40.5. The highest BCUT2D eigenvalue weighted by atomic mass is 35.5. The Bertz CT molecular complexity index is 1090. The molecule has 0 spiro atoms. The quantitative estimate of drug-likeness (QED) is 0.611. The van der Waals surface area contributed by atoms with Crippen molar-refractivity contribution in [1.29, 1.82) is 0 Å². The number of nitrogen functional groups attached to an aromatic ring is 1. The largest absolute Gasteiger partial charge is 0.382 e. The number of piperidine rings is 1. The maximum atomic E-state index is 12.9. The van der Waals surface area contributed by atoms with E-state index in [0.717, 1.165) is 63.1 Å². The molecule has 3 N–H and O–H groups in total. The number of carbonyl (C=O) groups is 2. The molecule has 9 nitrogen and oxygen atoms in total. The molecule has 0 saturated carbocycles. The second-order valence-corrected chi connectivity index (χ2v) is 9.92. The van der Waals surface area contributed by atoms with Crippen LogP contribution in [0.5, 0.6) is 0 Å². The number of hydrogen-bond donors (Lipinski definition) is 2. The molecule has 2 aromatic rings. The van der Waals surface area contributed by atoms with Gasteiger partial charge in [0.2, 0.25) is 0 Å². The number of likely N-dealkylation sites (tertiary alicyclic amines) is 1. The lowest BCUT2D eigenvalue weighted by atomic mass is 9.97. The van der Waals surface area contributed by atoms with Gasteiger partial charge in [-0.1, -0.05) is 36.2 Å². The van der Waals surface area contributed by atoms with Gasteiger partial charge in [-0.2, -0.15) is 0 Å². The summed E-state index contributed by atoms with van der Waals surface area (Å²) in [6.07, 6.45) is 2.90. The van der Waals surface area contributed by atoms with E-state index in [2.05, 4.69) is 32.0 Å². The Kier molecular flexibility index (Phi) is 8.31. The molecule has 1 atom stereocenters. The van der Waals surface area contributed by atoms with Crippen LogP contribution in [0, 0.1) is 6.92 Å². The summed E-state index contributed by atoms with van der Waals surface area (Å²) in [5.74, 6) is 0.354. The number of aromatic nitrogens is 2. The van der Waals surface area contributed by atoms with Crippen LogP contribution < -0.4 is 16.0 Å². The maximum Gasteiger partial charge on any atom is 0.273 e. The molecular weight excluding hydrogens is 478 g/mol. The molecule has 0 aliphatic carbocycles. The third kappa shape index (κ3) is 5.57. The van der Waals surface area contributed by atoms with Gasteiger partial charge in [0, 0.05) is 56.9 Å². The Morgan fingerprint density at radius 1 is 1.08 bits per heavy atom. The molecule has 2 aliphatic heterocycles. The number of rotatable bonds is 6. The summed E-state index contributed by atoms with van der Waals surface area (Å²) in [7, 11) is 0. The van der Waals surface area contributed by atoms with Crippen LogP contribution >= 0.6 is 11.6 Å². The van der Waals surface area contributed by atoms with Crippen molar-refractivity contribution >= 4 is 35.1 Å². The Labute approximate surface area is 218 Å². The first-order valence-corrected chi connectivity index (χ1v) is 13.2. The zero-order valence-corrected chi connectivity index (χ0v) is 22.1. The van der Waals surface area contributed by atoms with E-state index in [9.17, 15) is 9.59 Å². The number of halogens is 1. The van der Waals surface area contributed by atoms with Crippen LogP contribution in [0.4, 0.5) is 11.6 Å². The van der Waals surface area contributed by atoms with Gasteiger partial charge in [0.15, 0.2) is 22.5 Å². The van der Waals surface area contributed by atoms with Crippen molar-refractivity contribution < 1.29 is 9.59 Å². The van der Waals surface area contributed by atoms with Gasteiger partial charge >= 0.3 is 0 Å². The van der Waals surface area contributed by atoms with Crippen molar-refractivity contribution in [2.45, 2.75) is 52.1 Å². The number of piperazine rings is 1. The number of anilines is 2. The standard InChI is InChI=1S/C26H36ClN7O2/c1-4-19-16-33(24-22(27)30-21(23(28)31-24)25(35)29-5-2)14-15-34(19)20-10-12-32(13-11-20)26(36)18-8-6-17(3)7-9-18/h6-9,19-20H,4-5,10-16H2,1-3H3,(H2,28,31)(H,29,35)/t19-/m0/s1. The lowest BCUT2D eigenvalue weighted by Gasteiger charge is -2.47. The predicted octanol–water partition coefficient (Wildman–Crippen LogP) is 2.98. The second-order valence-electron chi connectivity index (χ2n) is 9.57.